The van der Waals surface area contributed by atoms with Gasteiger partial charge in [0.1, 0.15) is 5.15 Å². The monoisotopic (exact) mass is 272 g/mol. The van der Waals surface area contributed by atoms with Gasteiger partial charge >= 0.3 is 0 Å². The Kier molecular flexibility index (Phi) is 6.21. The number of nitrogens with zero attached hydrogens (tertiary/aromatic N) is 2. The Bertz CT molecular complexity index is 399. The largest absolute Gasteiger partial charge is 0.343 e. The quantitative estimate of drug-likeness (QED) is 0.430. The molecule has 0 N–H and O–H groups in total. The highest BCUT2D eigenvalue weighted by Gasteiger charge is 2.12. The molecule has 0 saturated heterocycles. The van der Waals surface area contributed by atoms with Gasteiger partial charge in [0.25, 0.3) is 0 Å². The number of pyridine rings is 1. The van der Waals surface area contributed by atoms with Crippen molar-refractivity contribution in [2.45, 2.75) is 12.8 Å². The minimum absolute atomic E-state index is 0.0343. The van der Waals surface area contributed by atoms with E-state index in [0.717, 1.165) is 0 Å². The first-order chi connectivity index (χ1) is 8.54. The molecule has 6 heteroatoms. The van der Waals surface area contributed by atoms with Crippen LogP contribution in [0.3, 0.4) is 0 Å². The minimum Gasteiger partial charge on any atom is -0.343 e. The van der Waals surface area contributed by atoms with E-state index in [1.165, 1.54) is 6.20 Å². The summed E-state index contributed by atoms with van der Waals surface area (Å²) >= 11 is 5.72. The van der Waals surface area contributed by atoms with E-state index in [0.29, 0.717) is 10.7 Å². The number of rotatable bonds is 7. The molecule has 0 saturated carbocycles. The second-order valence-corrected chi connectivity index (χ2v) is 4.30. The summed E-state index contributed by atoms with van der Waals surface area (Å²) in [7, 11) is 5.21. The van der Waals surface area contributed by atoms with Crippen molar-refractivity contribution in [3.8, 4) is 0 Å². The Morgan fingerprint density at radius 3 is 2.83 bits per heavy atom. The Balaban J connectivity index is 2.42. The fourth-order valence-electron chi connectivity index (χ4n) is 1.40. The van der Waals surface area contributed by atoms with Crippen molar-refractivity contribution in [2.75, 3.05) is 27.8 Å². The van der Waals surface area contributed by atoms with Gasteiger partial charge in [-0.25, -0.2) is 4.98 Å². The van der Waals surface area contributed by atoms with Crippen LogP contribution in [0.2, 0.25) is 5.15 Å². The number of hydrogen-bond acceptors (Lipinski definition) is 5. The molecular weight excluding hydrogens is 256 g/mol. The van der Waals surface area contributed by atoms with Crippen molar-refractivity contribution in [3.05, 3.63) is 29.0 Å². The molecule has 5 nitrogen and oxygen atoms in total. The zero-order valence-corrected chi connectivity index (χ0v) is 11.5. The van der Waals surface area contributed by atoms with Crippen LogP contribution in [-0.4, -0.2) is 49.9 Å². The van der Waals surface area contributed by atoms with Crippen LogP contribution < -0.4 is 0 Å². The molecule has 0 fully saturated rings. The molecule has 1 unspecified atom stereocenters. The Hall–Kier alpha value is -1.01. The van der Waals surface area contributed by atoms with Crippen LogP contribution in [0.4, 0.5) is 0 Å². The standard InChI is InChI=1S/C12H17ClN2O3/c1-15(2)12(17-3)18-7-5-10(16)9-4-6-14-11(13)8-9/h4,6,8,12H,5,7H2,1-3H3. The van der Waals surface area contributed by atoms with Crippen LogP contribution in [0.25, 0.3) is 0 Å². The third-order valence-corrected chi connectivity index (χ3v) is 2.47. The summed E-state index contributed by atoms with van der Waals surface area (Å²) in [6.07, 6.45) is 1.33. The van der Waals surface area contributed by atoms with Crippen LogP contribution in [0.1, 0.15) is 16.8 Å². The first-order valence-electron chi connectivity index (χ1n) is 5.50. The number of hydrogen-bond donors (Lipinski definition) is 0. The molecule has 100 valence electrons. The molecule has 0 bridgehead atoms. The van der Waals surface area contributed by atoms with E-state index in [1.807, 2.05) is 14.1 Å². The van der Waals surface area contributed by atoms with Gasteiger partial charge in [0.05, 0.1) is 6.61 Å². The number of ether oxygens (including phenoxy) is 2. The maximum absolute atomic E-state index is 11.8. The summed E-state index contributed by atoms with van der Waals surface area (Å²) in [5.41, 5.74) is 0.539. The molecule has 0 spiro atoms. The van der Waals surface area contributed by atoms with Crippen LogP contribution >= 0.6 is 11.6 Å². The Morgan fingerprint density at radius 1 is 1.56 bits per heavy atom. The summed E-state index contributed by atoms with van der Waals surface area (Å²) in [5.74, 6) is -0.0343. The zero-order valence-electron chi connectivity index (χ0n) is 10.7. The molecular formula is C12H17ClN2O3. The Labute approximate surface area is 112 Å². The fraction of sp³-hybridized carbons (Fsp3) is 0.500. The smallest absolute Gasteiger partial charge is 0.217 e. The summed E-state index contributed by atoms with van der Waals surface area (Å²) in [5, 5.41) is 0.310. The van der Waals surface area contributed by atoms with Gasteiger partial charge in [-0.15, -0.1) is 0 Å². The molecule has 1 aromatic heterocycles. The number of Topliss-reactive ketones (excluding diaryl/α,β-unsaturated/α-hetero) is 1. The van der Waals surface area contributed by atoms with Crippen LogP contribution in [0, 0.1) is 0 Å². The SMILES string of the molecule is COC(OCCC(=O)c1ccnc(Cl)c1)N(C)C. The van der Waals surface area contributed by atoms with E-state index in [9.17, 15) is 4.79 Å². The van der Waals surface area contributed by atoms with Crippen LogP contribution in [-0.2, 0) is 9.47 Å². The first kappa shape index (κ1) is 15.0. The fourth-order valence-corrected chi connectivity index (χ4v) is 1.57. The number of ketones is 1. The third-order valence-electron chi connectivity index (χ3n) is 2.26. The molecule has 0 aliphatic carbocycles. The average molecular weight is 273 g/mol. The topological polar surface area (TPSA) is 51.7 Å². The van der Waals surface area contributed by atoms with Gasteiger partial charge in [-0.05, 0) is 26.2 Å². The van der Waals surface area contributed by atoms with E-state index in [2.05, 4.69) is 4.98 Å². The molecule has 0 aromatic carbocycles. The van der Waals surface area contributed by atoms with Crippen LogP contribution in [0.5, 0.6) is 0 Å². The van der Waals surface area contributed by atoms with E-state index in [-0.39, 0.29) is 18.8 Å². The van der Waals surface area contributed by atoms with Gasteiger partial charge < -0.3 is 9.47 Å². The maximum Gasteiger partial charge on any atom is 0.217 e. The van der Waals surface area contributed by atoms with Gasteiger partial charge in [-0.3, -0.25) is 9.69 Å². The van der Waals surface area contributed by atoms with Crippen molar-refractivity contribution < 1.29 is 14.3 Å². The van der Waals surface area contributed by atoms with Gasteiger partial charge in [0.15, 0.2) is 5.78 Å². The first-order valence-corrected chi connectivity index (χ1v) is 5.88. The van der Waals surface area contributed by atoms with Gasteiger partial charge in [0.2, 0.25) is 6.41 Å². The van der Waals surface area contributed by atoms with E-state index < -0.39 is 6.41 Å². The lowest BCUT2D eigenvalue weighted by molar-refractivity contribution is -0.195. The van der Waals surface area contributed by atoms with Gasteiger partial charge in [-0.2, -0.15) is 0 Å². The maximum atomic E-state index is 11.8. The van der Waals surface area contributed by atoms with E-state index in [1.54, 1.807) is 24.1 Å². The van der Waals surface area contributed by atoms with Crippen molar-refractivity contribution >= 4 is 17.4 Å². The molecule has 18 heavy (non-hydrogen) atoms. The molecule has 0 radical (unpaired) electrons. The minimum atomic E-state index is -0.446. The van der Waals surface area contributed by atoms with Crippen molar-refractivity contribution in [2.24, 2.45) is 0 Å². The molecule has 0 aliphatic heterocycles. The summed E-state index contributed by atoms with van der Waals surface area (Å²) in [6.45, 7) is 0.287. The average Bonchev–Trinajstić information content (AvgIpc) is 2.34. The summed E-state index contributed by atoms with van der Waals surface area (Å²) in [6, 6.07) is 3.18. The molecule has 1 atom stereocenters. The zero-order chi connectivity index (χ0) is 13.5. The highest BCUT2D eigenvalue weighted by molar-refractivity contribution is 6.29. The van der Waals surface area contributed by atoms with Gasteiger partial charge in [-0.1, -0.05) is 11.6 Å². The molecule has 0 amide bonds. The normalized spacial score (nSPS) is 12.7. The number of carbonyl (C=O) groups excluding carboxylic acids is 1. The van der Waals surface area contributed by atoms with Gasteiger partial charge in [0, 0.05) is 25.3 Å². The second-order valence-electron chi connectivity index (χ2n) is 3.92. The molecule has 0 aliphatic rings. The highest BCUT2D eigenvalue weighted by Crippen LogP contribution is 2.09. The lowest BCUT2D eigenvalue weighted by Gasteiger charge is -2.22. The van der Waals surface area contributed by atoms with Crippen molar-refractivity contribution in [1.29, 1.82) is 0 Å². The van der Waals surface area contributed by atoms with E-state index >= 15 is 0 Å². The number of carbonyl (C=O) groups is 1. The lowest BCUT2D eigenvalue weighted by atomic mass is 10.1. The summed E-state index contributed by atoms with van der Waals surface area (Å²) < 4.78 is 10.5. The Morgan fingerprint density at radius 2 is 2.28 bits per heavy atom. The molecule has 1 heterocycles. The number of methoxy groups -OCH3 is 1. The molecule has 1 aromatic rings. The lowest BCUT2D eigenvalue weighted by Crippen LogP contribution is -2.33. The predicted octanol–water partition coefficient (Wildman–Crippen LogP) is 1.82. The van der Waals surface area contributed by atoms with Crippen molar-refractivity contribution in [3.63, 3.8) is 0 Å². The van der Waals surface area contributed by atoms with Crippen molar-refractivity contribution in [1.82, 2.24) is 9.88 Å². The third kappa shape index (κ3) is 4.70. The van der Waals surface area contributed by atoms with E-state index in [4.69, 9.17) is 21.1 Å². The number of halogens is 1. The summed E-state index contributed by atoms with van der Waals surface area (Å²) in [4.78, 5) is 17.4. The molecule has 1 rings (SSSR count). The highest BCUT2D eigenvalue weighted by atomic mass is 35.5. The predicted molar refractivity (Wildman–Crippen MR) is 68.6 cm³/mol. The van der Waals surface area contributed by atoms with Crippen LogP contribution in [0.15, 0.2) is 18.3 Å². The number of aromatic nitrogens is 1. The second kappa shape index (κ2) is 7.43.